The lowest BCUT2D eigenvalue weighted by Gasteiger charge is -2.34. The summed E-state index contributed by atoms with van der Waals surface area (Å²) in [7, 11) is 0. The number of halogens is 1. The van der Waals surface area contributed by atoms with E-state index in [9.17, 15) is 4.79 Å². The van der Waals surface area contributed by atoms with Gasteiger partial charge >= 0.3 is 0 Å². The first-order valence-corrected chi connectivity index (χ1v) is 8.80. The molecule has 0 unspecified atom stereocenters. The van der Waals surface area contributed by atoms with Crippen molar-refractivity contribution in [3.05, 3.63) is 76.6 Å². The molecule has 2 aromatic heterocycles. The van der Waals surface area contributed by atoms with Gasteiger partial charge in [0.25, 0.3) is 0 Å². The van der Waals surface area contributed by atoms with Gasteiger partial charge < -0.3 is 9.73 Å². The van der Waals surface area contributed by atoms with Crippen molar-refractivity contribution in [2.45, 2.75) is 24.8 Å². The lowest BCUT2D eigenvalue weighted by molar-refractivity contribution is -0.117. The number of aromatic nitrogens is 3. The van der Waals surface area contributed by atoms with Crippen molar-refractivity contribution < 1.29 is 9.21 Å². The first-order valence-electron chi connectivity index (χ1n) is 8.42. The second-order valence-electron chi connectivity index (χ2n) is 6.54. The molecule has 0 bridgehead atoms. The maximum absolute atomic E-state index is 13.1. The summed E-state index contributed by atoms with van der Waals surface area (Å²) in [5, 5.41) is 8.29. The first kappa shape index (κ1) is 15.4. The molecule has 0 amide bonds. The Kier molecular flexibility index (Phi) is 3.46. The van der Waals surface area contributed by atoms with Crippen LogP contribution in [0.5, 0.6) is 0 Å². The fourth-order valence-corrected chi connectivity index (χ4v) is 3.96. The van der Waals surface area contributed by atoms with E-state index in [1.807, 2.05) is 36.4 Å². The third-order valence-electron chi connectivity index (χ3n) is 4.99. The van der Waals surface area contributed by atoms with Crippen LogP contribution in [0.3, 0.4) is 0 Å². The Morgan fingerprint density at radius 3 is 2.81 bits per heavy atom. The molecule has 1 N–H and O–H groups in total. The summed E-state index contributed by atoms with van der Waals surface area (Å²) < 4.78 is 7.29. The van der Waals surface area contributed by atoms with Crippen LogP contribution in [0.4, 0.5) is 5.95 Å². The van der Waals surface area contributed by atoms with E-state index in [1.165, 1.54) is 6.33 Å². The molecule has 0 radical (unpaired) electrons. The summed E-state index contributed by atoms with van der Waals surface area (Å²) in [6.07, 6.45) is 4.26. The molecule has 0 fully saturated rings. The first-order chi connectivity index (χ1) is 12.7. The van der Waals surface area contributed by atoms with E-state index in [1.54, 1.807) is 10.9 Å². The van der Waals surface area contributed by atoms with Gasteiger partial charge in [-0.1, -0.05) is 23.7 Å². The van der Waals surface area contributed by atoms with E-state index in [4.69, 9.17) is 16.0 Å². The maximum Gasteiger partial charge on any atom is 0.226 e. The van der Waals surface area contributed by atoms with Crippen molar-refractivity contribution in [2.24, 2.45) is 0 Å². The summed E-state index contributed by atoms with van der Waals surface area (Å²) in [5.74, 6) is 1.60. The summed E-state index contributed by atoms with van der Waals surface area (Å²) in [6.45, 7) is 0. The van der Waals surface area contributed by atoms with Gasteiger partial charge in [0.2, 0.25) is 5.95 Å². The molecule has 3 aromatic rings. The summed E-state index contributed by atoms with van der Waals surface area (Å²) in [4.78, 5) is 17.4. The number of benzene rings is 1. The number of nitrogens with one attached hydrogen (secondary N) is 1. The van der Waals surface area contributed by atoms with Gasteiger partial charge in [-0.25, -0.2) is 4.68 Å². The molecule has 1 aliphatic heterocycles. The highest BCUT2D eigenvalue weighted by atomic mass is 35.5. The predicted molar refractivity (Wildman–Crippen MR) is 96.0 cm³/mol. The molecule has 0 spiro atoms. The van der Waals surface area contributed by atoms with Crippen molar-refractivity contribution in [3.63, 3.8) is 0 Å². The third-order valence-corrected chi connectivity index (χ3v) is 5.24. The molecular formula is C19H15ClN4O2. The number of carbonyl (C=O) groups is 1. The van der Waals surface area contributed by atoms with Crippen molar-refractivity contribution in [1.82, 2.24) is 14.8 Å². The second-order valence-corrected chi connectivity index (χ2v) is 6.98. The van der Waals surface area contributed by atoms with Gasteiger partial charge in [0.15, 0.2) is 5.78 Å². The molecule has 26 heavy (non-hydrogen) atoms. The van der Waals surface area contributed by atoms with E-state index in [2.05, 4.69) is 15.4 Å². The van der Waals surface area contributed by atoms with Crippen LogP contribution in [0.25, 0.3) is 0 Å². The lowest BCUT2D eigenvalue weighted by atomic mass is 9.79. The Morgan fingerprint density at radius 1 is 1.19 bits per heavy atom. The molecule has 0 saturated heterocycles. The fourth-order valence-electron chi connectivity index (χ4n) is 3.83. The monoisotopic (exact) mass is 366 g/mol. The number of nitrogens with zero attached hydrogens (tertiary/aromatic N) is 3. The Balaban J connectivity index is 1.62. The van der Waals surface area contributed by atoms with Crippen molar-refractivity contribution in [1.29, 1.82) is 0 Å². The van der Waals surface area contributed by atoms with Crippen LogP contribution in [0.2, 0.25) is 5.02 Å². The van der Waals surface area contributed by atoms with Crippen molar-refractivity contribution >= 4 is 23.3 Å². The Morgan fingerprint density at radius 2 is 2.04 bits per heavy atom. The minimum absolute atomic E-state index is 0.0316. The number of fused-ring (bicyclic) bond motifs is 1. The molecule has 3 heterocycles. The highest BCUT2D eigenvalue weighted by Gasteiger charge is 2.39. The largest absolute Gasteiger partial charge is 0.469 e. The maximum atomic E-state index is 13.1. The van der Waals surface area contributed by atoms with Crippen LogP contribution in [-0.4, -0.2) is 20.5 Å². The minimum atomic E-state index is -0.300. The fraction of sp³-hybridized carbons (Fsp3) is 0.211. The summed E-state index contributed by atoms with van der Waals surface area (Å²) in [5.41, 5.74) is 2.59. The van der Waals surface area contributed by atoms with E-state index in [0.29, 0.717) is 23.8 Å². The molecule has 0 saturated carbocycles. The Bertz CT molecular complexity index is 1000. The molecule has 1 aliphatic carbocycles. The van der Waals surface area contributed by atoms with E-state index >= 15 is 0 Å². The van der Waals surface area contributed by atoms with E-state index in [-0.39, 0.29) is 17.7 Å². The van der Waals surface area contributed by atoms with Gasteiger partial charge in [0.1, 0.15) is 18.1 Å². The van der Waals surface area contributed by atoms with Crippen LogP contribution in [0.15, 0.2) is 64.7 Å². The zero-order valence-electron chi connectivity index (χ0n) is 13.7. The topological polar surface area (TPSA) is 73.0 Å². The summed E-state index contributed by atoms with van der Waals surface area (Å²) >= 11 is 6.04. The number of carbonyl (C=O) groups excluding carboxylic acids is 1. The van der Waals surface area contributed by atoms with Gasteiger partial charge in [-0.15, -0.1) is 0 Å². The van der Waals surface area contributed by atoms with Crippen LogP contribution in [0.1, 0.15) is 36.1 Å². The molecule has 2 aliphatic rings. The quantitative estimate of drug-likeness (QED) is 0.743. The average Bonchev–Trinajstić information content (AvgIpc) is 3.32. The highest BCUT2D eigenvalue weighted by molar-refractivity contribution is 6.30. The van der Waals surface area contributed by atoms with Gasteiger partial charge in [-0.05, 0) is 36.2 Å². The molecule has 7 heteroatoms. The highest BCUT2D eigenvalue weighted by Crippen LogP contribution is 2.43. The number of ketones is 1. The molecule has 1 aromatic carbocycles. The SMILES string of the molecule is O=C1C[C@@H](c2ccco2)CC2=C1[C@@H](c1ccc(Cl)cc1)n1ncnc1N2. The number of hydrogen-bond acceptors (Lipinski definition) is 5. The molecule has 130 valence electrons. The smallest absolute Gasteiger partial charge is 0.226 e. The van der Waals surface area contributed by atoms with Crippen LogP contribution in [-0.2, 0) is 4.79 Å². The number of furan rings is 1. The normalized spacial score (nSPS) is 22.0. The van der Waals surface area contributed by atoms with Gasteiger partial charge in [0.05, 0.1) is 6.26 Å². The van der Waals surface area contributed by atoms with Gasteiger partial charge in [-0.2, -0.15) is 10.1 Å². The lowest BCUT2D eigenvalue weighted by Crippen LogP contribution is -2.33. The van der Waals surface area contributed by atoms with Crippen molar-refractivity contribution in [3.8, 4) is 0 Å². The third kappa shape index (κ3) is 2.37. The average molecular weight is 367 g/mol. The van der Waals surface area contributed by atoms with Gasteiger partial charge in [0, 0.05) is 28.6 Å². The zero-order valence-corrected chi connectivity index (χ0v) is 14.5. The number of rotatable bonds is 2. The van der Waals surface area contributed by atoms with Crippen LogP contribution in [0, 0.1) is 0 Å². The number of allylic oxidation sites excluding steroid dienone is 2. The van der Waals surface area contributed by atoms with Crippen LogP contribution >= 0.6 is 11.6 Å². The number of hydrogen-bond donors (Lipinski definition) is 1. The predicted octanol–water partition coefficient (Wildman–Crippen LogP) is 3.94. The van der Waals surface area contributed by atoms with Crippen molar-refractivity contribution in [2.75, 3.05) is 5.32 Å². The molecule has 6 nitrogen and oxygen atoms in total. The molecule has 5 rings (SSSR count). The summed E-state index contributed by atoms with van der Waals surface area (Å²) in [6, 6.07) is 11.0. The minimum Gasteiger partial charge on any atom is -0.469 e. The zero-order chi connectivity index (χ0) is 17.7. The molecule has 2 atom stereocenters. The number of Topliss-reactive ketones (excluding diaryl/α,β-unsaturated/α-hetero) is 1. The standard InChI is InChI=1S/C19H15ClN4O2/c20-13-5-3-11(4-6-13)18-17-14(23-19-21-10-22-24(18)19)8-12(9-15(17)25)16-2-1-7-26-16/h1-7,10,12,18H,8-9H2,(H,21,22,23)/t12-,18+/m0/s1. The Labute approximate surface area is 154 Å². The van der Waals surface area contributed by atoms with Gasteiger partial charge in [-0.3, -0.25) is 4.79 Å². The van der Waals surface area contributed by atoms with E-state index < -0.39 is 0 Å². The molecular weight excluding hydrogens is 352 g/mol. The van der Waals surface area contributed by atoms with E-state index in [0.717, 1.165) is 22.6 Å². The second kappa shape index (κ2) is 5.85. The number of anilines is 1. The Hall–Kier alpha value is -2.86. The van der Waals surface area contributed by atoms with Crippen LogP contribution < -0.4 is 5.32 Å².